The van der Waals surface area contributed by atoms with Crippen LogP contribution in [0.25, 0.3) is 0 Å². The van der Waals surface area contributed by atoms with E-state index in [1.807, 2.05) is 67.6 Å². The van der Waals surface area contributed by atoms with Crippen LogP contribution in [-0.4, -0.2) is 51.5 Å². The summed E-state index contributed by atoms with van der Waals surface area (Å²) in [5.74, 6) is -0.242. The Balaban J connectivity index is 1.74. The van der Waals surface area contributed by atoms with E-state index in [1.54, 1.807) is 4.90 Å². The molecule has 0 radical (unpaired) electrons. The first-order valence-corrected chi connectivity index (χ1v) is 9.27. The van der Waals surface area contributed by atoms with E-state index in [0.29, 0.717) is 6.54 Å². The van der Waals surface area contributed by atoms with Gasteiger partial charge in [0.15, 0.2) is 0 Å². The third-order valence-electron chi connectivity index (χ3n) is 4.99. The Kier molecular flexibility index (Phi) is 6.28. The van der Waals surface area contributed by atoms with Gasteiger partial charge in [0.05, 0.1) is 18.3 Å². The SMILES string of the molecule is CC1NC(C(O)[C@H](Cc2ccccc2)NC(=O)O)C(=O)N1Cc1ccccc1. The van der Waals surface area contributed by atoms with E-state index in [-0.39, 0.29) is 18.5 Å². The van der Waals surface area contributed by atoms with Gasteiger partial charge in [-0.05, 0) is 24.5 Å². The van der Waals surface area contributed by atoms with Crippen LogP contribution in [0.2, 0.25) is 0 Å². The fraction of sp³-hybridized carbons (Fsp3) is 0.333. The van der Waals surface area contributed by atoms with Gasteiger partial charge in [-0.25, -0.2) is 4.79 Å². The Labute approximate surface area is 164 Å². The highest BCUT2D eigenvalue weighted by Crippen LogP contribution is 2.20. The third-order valence-corrected chi connectivity index (χ3v) is 4.99. The molecule has 1 fully saturated rings. The summed E-state index contributed by atoms with van der Waals surface area (Å²) in [6, 6.07) is 17.2. The minimum absolute atomic E-state index is 0.242. The molecule has 0 aromatic heterocycles. The van der Waals surface area contributed by atoms with Gasteiger partial charge in [0.2, 0.25) is 5.91 Å². The highest BCUT2D eigenvalue weighted by atomic mass is 16.4. The van der Waals surface area contributed by atoms with Crippen LogP contribution in [0.3, 0.4) is 0 Å². The smallest absolute Gasteiger partial charge is 0.404 e. The van der Waals surface area contributed by atoms with Gasteiger partial charge in [0.1, 0.15) is 6.04 Å². The average Bonchev–Trinajstić information content (AvgIpc) is 2.96. The van der Waals surface area contributed by atoms with Crippen molar-refractivity contribution in [2.75, 3.05) is 0 Å². The van der Waals surface area contributed by atoms with Crippen LogP contribution in [0.4, 0.5) is 4.79 Å². The zero-order valence-corrected chi connectivity index (χ0v) is 15.7. The summed E-state index contributed by atoms with van der Waals surface area (Å²) in [5, 5.41) is 25.5. The summed E-state index contributed by atoms with van der Waals surface area (Å²) < 4.78 is 0. The van der Waals surface area contributed by atoms with Crippen molar-refractivity contribution in [3.05, 3.63) is 71.8 Å². The van der Waals surface area contributed by atoms with Crippen molar-refractivity contribution >= 4 is 12.0 Å². The van der Waals surface area contributed by atoms with Crippen molar-refractivity contribution in [3.8, 4) is 0 Å². The van der Waals surface area contributed by atoms with Gasteiger partial charge in [-0.15, -0.1) is 0 Å². The molecule has 4 N–H and O–H groups in total. The van der Waals surface area contributed by atoms with Gasteiger partial charge in [0.25, 0.3) is 0 Å². The number of amides is 2. The molecule has 3 rings (SSSR count). The van der Waals surface area contributed by atoms with Gasteiger partial charge in [-0.2, -0.15) is 0 Å². The first-order chi connectivity index (χ1) is 13.5. The Morgan fingerprint density at radius 1 is 1.11 bits per heavy atom. The van der Waals surface area contributed by atoms with Crippen LogP contribution >= 0.6 is 0 Å². The molecule has 1 heterocycles. The van der Waals surface area contributed by atoms with Crippen LogP contribution in [0.1, 0.15) is 18.1 Å². The molecule has 2 amide bonds. The van der Waals surface area contributed by atoms with Crippen molar-refractivity contribution in [1.82, 2.24) is 15.5 Å². The van der Waals surface area contributed by atoms with E-state index in [4.69, 9.17) is 0 Å². The standard InChI is InChI=1S/C21H25N3O4/c1-14-22-18(20(26)24(14)13-16-10-6-3-7-11-16)19(25)17(23-21(27)28)12-15-8-4-2-5-9-15/h2-11,14,17-19,22-23,25H,12-13H2,1H3,(H,27,28)/t14?,17-,18?,19?/m0/s1. The molecular formula is C21H25N3O4. The maximum atomic E-state index is 12.9. The largest absolute Gasteiger partial charge is 0.465 e. The summed E-state index contributed by atoms with van der Waals surface area (Å²) in [6.07, 6.45) is -2.42. The number of rotatable bonds is 7. The molecule has 2 aromatic carbocycles. The number of hydrogen-bond donors (Lipinski definition) is 4. The Morgan fingerprint density at radius 3 is 2.25 bits per heavy atom. The number of hydrogen-bond acceptors (Lipinski definition) is 4. The first kappa shape index (κ1) is 19.9. The molecule has 1 saturated heterocycles. The van der Waals surface area contributed by atoms with E-state index in [0.717, 1.165) is 11.1 Å². The average molecular weight is 383 g/mol. The topological polar surface area (TPSA) is 102 Å². The van der Waals surface area contributed by atoms with Crippen molar-refractivity contribution in [2.24, 2.45) is 0 Å². The lowest BCUT2D eigenvalue weighted by Crippen LogP contribution is -2.54. The van der Waals surface area contributed by atoms with Gasteiger partial charge >= 0.3 is 6.09 Å². The maximum absolute atomic E-state index is 12.9. The molecule has 4 atom stereocenters. The van der Waals surface area contributed by atoms with Crippen LogP contribution in [-0.2, 0) is 17.8 Å². The summed E-state index contributed by atoms with van der Waals surface area (Å²) in [5.41, 5.74) is 1.86. The molecule has 0 bridgehead atoms. The fourth-order valence-electron chi connectivity index (χ4n) is 3.55. The molecule has 3 unspecified atom stereocenters. The number of carboxylic acid groups (broad SMARTS) is 1. The molecule has 0 saturated carbocycles. The summed E-state index contributed by atoms with van der Waals surface area (Å²) in [6.45, 7) is 2.27. The molecule has 7 heteroatoms. The first-order valence-electron chi connectivity index (χ1n) is 9.27. The van der Waals surface area contributed by atoms with Gasteiger partial charge < -0.3 is 20.4 Å². The zero-order valence-electron chi connectivity index (χ0n) is 15.7. The molecule has 148 valence electrons. The molecule has 7 nitrogen and oxygen atoms in total. The number of aliphatic hydroxyl groups is 1. The van der Waals surface area contributed by atoms with Gasteiger partial charge in [0, 0.05) is 6.54 Å². The summed E-state index contributed by atoms with van der Waals surface area (Å²) in [7, 11) is 0. The van der Waals surface area contributed by atoms with E-state index in [2.05, 4.69) is 10.6 Å². The lowest BCUT2D eigenvalue weighted by Gasteiger charge is -2.26. The maximum Gasteiger partial charge on any atom is 0.404 e. The number of carbonyl (C=O) groups is 2. The second kappa shape index (κ2) is 8.86. The van der Waals surface area contributed by atoms with Crippen molar-refractivity contribution in [2.45, 2.75) is 44.2 Å². The van der Waals surface area contributed by atoms with Crippen molar-refractivity contribution < 1.29 is 19.8 Å². The predicted octanol–water partition coefficient (Wildman–Crippen LogP) is 1.57. The fourth-order valence-corrected chi connectivity index (χ4v) is 3.55. The number of carbonyl (C=O) groups excluding carboxylic acids is 1. The second-order valence-corrected chi connectivity index (χ2v) is 7.01. The summed E-state index contributed by atoms with van der Waals surface area (Å²) in [4.78, 5) is 25.8. The van der Waals surface area contributed by atoms with Crippen LogP contribution in [0, 0.1) is 0 Å². The monoisotopic (exact) mass is 383 g/mol. The quantitative estimate of drug-likeness (QED) is 0.581. The minimum Gasteiger partial charge on any atom is -0.465 e. The Hall–Kier alpha value is -2.90. The van der Waals surface area contributed by atoms with Crippen LogP contribution in [0.15, 0.2) is 60.7 Å². The predicted molar refractivity (Wildman–Crippen MR) is 104 cm³/mol. The molecule has 2 aromatic rings. The molecule has 1 aliphatic heterocycles. The lowest BCUT2D eigenvalue weighted by molar-refractivity contribution is -0.132. The van der Waals surface area contributed by atoms with Crippen LogP contribution < -0.4 is 10.6 Å². The number of aliphatic hydroxyl groups excluding tert-OH is 1. The second-order valence-electron chi connectivity index (χ2n) is 7.01. The minimum atomic E-state index is -1.24. The lowest BCUT2D eigenvalue weighted by atomic mass is 9.96. The molecule has 0 aliphatic carbocycles. The third kappa shape index (κ3) is 4.68. The van der Waals surface area contributed by atoms with E-state index in [1.165, 1.54) is 0 Å². The number of nitrogens with zero attached hydrogens (tertiary/aromatic N) is 1. The van der Waals surface area contributed by atoms with Crippen molar-refractivity contribution in [3.63, 3.8) is 0 Å². The van der Waals surface area contributed by atoms with Crippen LogP contribution in [0.5, 0.6) is 0 Å². The highest BCUT2D eigenvalue weighted by Gasteiger charge is 2.43. The molecule has 28 heavy (non-hydrogen) atoms. The van der Waals surface area contributed by atoms with E-state index >= 15 is 0 Å². The highest BCUT2D eigenvalue weighted by molar-refractivity contribution is 5.85. The number of benzene rings is 2. The summed E-state index contributed by atoms with van der Waals surface area (Å²) >= 11 is 0. The molecule has 1 aliphatic rings. The number of nitrogens with one attached hydrogen (secondary N) is 2. The molecular weight excluding hydrogens is 358 g/mol. The zero-order chi connectivity index (χ0) is 20.1. The Morgan fingerprint density at radius 2 is 1.68 bits per heavy atom. The van der Waals surface area contributed by atoms with Gasteiger partial charge in [-0.3, -0.25) is 10.1 Å². The van der Waals surface area contributed by atoms with E-state index in [9.17, 15) is 19.8 Å². The molecule has 0 spiro atoms. The van der Waals surface area contributed by atoms with E-state index < -0.39 is 24.3 Å². The Bertz CT molecular complexity index is 800. The normalized spacial score (nSPS) is 21.4. The van der Waals surface area contributed by atoms with Crippen molar-refractivity contribution in [1.29, 1.82) is 0 Å². The van der Waals surface area contributed by atoms with Gasteiger partial charge in [-0.1, -0.05) is 60.7 Å².